The van der Waals surface area contributed by atoms with Crippen LogP contribution in [0.15, 0.2) is 76.9 Å². The molecule has 0 aliphatic heterocycles. The first-order valence-corrected chi connectivity index (χ1v) is 10.7. The minimum Gasteiger partial charge on any atom is -0.323 e. The van der Waals surface area contributed by atoms with Crippen molar-refractivity contribution in [1.82, 2.24) is 14.5 Å². The zero-order chi connectivity index (χ0) is 23.4. The van der Waals surface area contributed by atoms with Crippen molar-refractivity contribution in [3.8, 4) is 0 Å². The molecule has 1 N–H and O–H groups in total. The first-order valence-electron chi connectivity index (χ1n) is 9.67. The third kappa shape index (κ3) is 5.04. The maximum atomic E-state index is 14.0. The second-order valence-corrected chi connectivity index (χ2v) is 7.86. The molecule has 4 aromatic rings. The summed E-state index contributed by atoms with van der Waals surface area (Å²) < 4.78 is 15.4. The first-order chi connectivity index (χ1) is 15.9. The highest BCUT2D eigenvalue weighted by Gasteiger charge is 2.16. The van der Waals surface area contributed by atoms with Crippen LogP contribution in [-0.4, -0.2) is 31.1 Å². The Balaban J connectivity index is 1.60. The van der Waals surface area contributed by atoms with Gasteiger partial charge in [0.2, 0.25) is 5.91 Å². The molecule has 4 rings (SSSR count). The van der Waals surface area contributed by atoms with Gasteiger partial charge in [-0.1, -0.05) is 30.0 Å². The second kappa shape index (κ2) is 9.57. The largest absolute Gasteiger partial charge is 0.323 e. The number of fused-ring (bicyclic) bond motifs is 1. The van der Waals surface area contributed by atoms with E-state index in [4.69, 9.17) is 0 Å². The van der Waals surface area contributed by atoms with Crippen LogP contribution < -0.4 is 10.9 Å². The summed E-state index contributed by atoms with van der Waals surface area (Å²) in [4.78, 5) is 44.4. The van der Waals surface area contributed by atoms with E-state index in [2.05, 4.69) is 15.3 Å². The fourth-order valence-electron chi connectivity index (χ4n) is 3.11. The van der Waals surface area contributed by atoms with E-state index >= 15 is 0 Å². The predicted molar refractivity (Wildman–Crippen MR) is 122 cm³/mol. The highest BCUT2D eigenvalue weighted by Crippen LogP contribution is 2.23. The molecule has 0 unspecified atom stereocenters. The molecule has 0 saturated heterocycles. The Bertz CT molecular complexity index is 1410. The molecule has 11 heteroatoms. The number of carbonyl (C=O) groups is 1. The first kappa shape index (κ1) is 22.1. The Morgan fingerprint density at radius 3 is 2.76 bits per heavy atom. The van der Waals surface area contributed by atoms with Crippen molar-refractivity contribution in [1.29, 1.82) is 0 Å². The molecular formula is C22H16FN5O4S. The minimum absolute atomic E-state index is 0.194. The summed E-state index contributed by atoms with van der Waals surface area (Å²) in [5.41, 5.74) is 0.353. The smallest absolute Gasteiger partial charge is 0.271 e. The van der Waals surface area contributed by atoms with E-state index in [0.717, 1.165) is 35.5 Å². The summed E-state index contributed by atoms with van der Waals surface area (Å²) >= 11 is 1.00. The van der Waals surface area contributed by atoms with Crippen LogP contribution in [0.3, 0.4) is 0 Å². The van der Waals surface area contributed by atoms with Crippen LogP contribution in [-0.2, 0) is 11.3 Å². The van der Waals surface area contributed by atoms with Gasteiger partial charge in [0.1, 0.15) is 5.82 Å². The van der Waals surface area contributed by atoms with Gasteiger partial charge in [-0.2, -0.15) is 0 Å². The molecule has 2 aromatic carbocycles. The molecule has 0 saturated carbocycles. The van der Waals surface area contributed by atoms with Gasteiger partial charge in [-0.25, -0.2) is 9.37 Å². The number of rotatable bonds is 7. The summed E-state index contributed by atoms with van der Waals surface area (Å²) in [5, 5.41) is 14.0. The highest BCUT2D eigenvalue weighted by atomic mass is 32.2. The quantitative estimate of drug-likeness (QED) is 0.192. The Labute approximate surface area is 190 Å². The Morgan fingerprint density at radius 2 is 2.00 bits per heavy atom. The number of non-ortho nitro benzene ring substituents is 1. The van der Waals surface area contributed by atoms with Crippen molar-refractivity contribution in [2.75, 3.05) is 11.1 Å². The van der Waals surface area contributed by atoms with Crippen molar-refractivity contribution >= 4 is 39.9 Å². The molecule has 0 spiro atoms. The molecule has 0 radical (unpaired) electrons. The topological polar surface area (TPSA) is 120 Å². The number of nitrogens with zero attached hydrogens (tertiary/aromatic N) is 4. The van der Waals surface area contributed by atoms with Gasteiger partial charge in [0.05, 0.1) is 33.8 Å². The Kier molecular flexibility index (Phi) is 6.41. The van der Waals surface area contributed by atoms with Crippen molar-refractivity contribution in [2.24, 2.45) is 0 Å². The summed E-state index contributed by atoms with van der Waals surface area (Å²) in [7, 11) is 0. The molecule has 0 bridgehead atoms. The number of nitrogens with one attached hydrogen (secondary N) is 1. The van der Waals surface area contributed by atoms with Gasteiger partial charge in [-0.05, 0) is 29.8 Å². The zero-order valence-corrected chi connectivity index (χ0v) is 17.8. The average Bonchev–Trinajstić information content (AvgIpc) is 2.82. The molecule has 0 fully saturated rings. The number of anilines is 1. The molecule has 9 nitrogen and oxygen atoms in total. The van der Waals surface area contributed by atoms with E-state index in [1.807, 2.05) is 6.07 Å². The van der Waals surface area contributed by atoms with Gasteiger partial charge < -0.3 is 5.32 Å². The van der Waals surface area contributed by atoms with E-state index in [1.54, 1.807) is 42.7 Å². The average molecular weight is 465 g/mol. The maximum Gasteiger partial charge on any atom is 0.271 e. The van der Waals surface area contributed by atoms with E-state index in [0.29, 0.717) is 16.1 Å². The van der Waals surface area contributed by atoms with Gasteiger partial charge in [0.15, 0.2) is 5.16 Å². The lowest BCUT2D eigenvalue weighted by Crippen LogP contribution is -2.25. The van der Waals surface area contributed by atoms with E-state index < -0.39 is 16.6 Å². The lowest BCUT2D eigenvalue weighted by Gasteiger charge is -2.13. The fraction of sp³-hybridized carbons (Fsp3) is 0.0909. The number of para-hydroxylation sites is 1. The van der Waals surface area contributed by atoms with Crippen LogP contribution in [0, 0.1) is 15.9 Å². The number of nitro groups is 1. The van der Waals surface area contributed by atoms with Gasteiger partial charge in [0.25, 0.3) is 11.2 Å². The van der Waals surface area contributed by atoms with E-state index in [1.165, 1.54) is 4.57 Å². The normalized spacial score (nSPS) is 10.8. The third-order valence-electron chi connectivity index (χ3n) is 4.66. The minimum atomic E-state index is -0.795. The summed E-state index contributed by atoms with van der Waals surface area (Å²) in [6, 6.07) is 13.3. The lowest BCUT2D eigenvalue weighted by atomic mass is 10.2. The molecular weight excluding hydrogens is 449 g/mol. The molecule has 0 atom stereocenters. The third-order valence-corrected chi connectivity index (χ3v) is 5.63. The van der Waals surface area contributed by atoms with Crippen LogP contribution in [0.25, 0.3) is 10.9 Å². The maximum absolute atomic E-state index is 14.0. The number of pyridine rings is 1. The number of hydrogen-bond acceptors (Lipinski definition) is 7. The standard InChI is InChI=1S/C22H16FN5O4S/c23-17-8-7-15(28(31)32)10-19(17)25-20(29)13-33-22-26-18-6-2-1-5-16(18)21(30)27(22)12-14-4-3-9-24-11-14/h1-11H,12-13H2,(H,25,29). The molecule has 33 heavy (non-hydrogen) atoms. The number of hydrogen-bond donors (Lipinski definition) is 1. The summed E-state index contributed by atoms with van der Waals surface area (Å²) in [6.07, 6.45) is 3.26. The van der Waals surface area contributed by atoms with Crippen LogP contribution in [0.2, 0.25) is 0 Å². The SMILES string of the molecule is O=C(CSc1nc2ccccc2c(=O)n1Cc1cccnc1)Nc1cc([N+](=O)[O-])ccc1F. The zero-order valence-electron chi connectivity index (χ0n) is 17.0. The number of amides is 1. The number of carbonyl (C=O) groups excluding carboxylic acids is 1. The van der Waals surface area contributed by atoms with Crippen molar-refractivity contribution in [2.45, 2.75) is 11.7 Å². The van der Waals surface area contributed by atoms with Crippen LogP contribution in [0.4, 0.5) is 15.8 Å². The Hall–Kier alpha value is -4.12. The highest BCUT2D eigenvalue weighted by molar-refractivity contribution is 7.99. The van der Waals surface area contributed by atoms with Crippen molar-refractivity contribution in [3.05, 3.63) is 98.8 Å². The molecule has 2 heterocycles. The molecule has 0 aliphatic carbocycles. The fourth-order valence-corrected chi connectivity index (χ4v) is 3.91. The van der Waals surface area contributed by atoms with E-state index in [-0.39, 0.29) is 29.2 Å². The molecule has 1 amide bonds. The number of halogens is 1. The summed E-state index contributed by atoms with van der Waals surface area (Å²) in [5.74, 6) is -1.59. The van der Waals surface area contributed by atoms with Crippen LogP contribution in [0.1, 0.15) is 5.56 Å². The van der Waals surface area contributed by atoms with Crippen molar-refractivity contribution in [3.63, 3.8) is 0 Å². The Morgan fingerprint density at radius 1 is 1.18 bits per heavy atom. The molecule has 166 valence electrons. The predicted octanol–water partition coefficient (Wildman–Crippen LogP) is 3.62. The van der Waals surface area contributed by atoms with Gasteiger partial charge >= 0.3 is 0 Å². The number of nitro benzene ring substituents is 1. The van der Waals surface area contributed by atoms with Gasteiger partial charge in [0, 0.05) is 24.5 Å². The van der Waals surface area contributed by atoms with Crippen molar-refractivity contribution < 1.29 is 14.1 Å². The lowest BCUT2D eigenvalue weighted by molar-refractivity contribution is -0.384. The number of benzene rings is 2. The van der Waals surface area contributed by atoms with E-state index in [9.17, 15) is 24.1 Å². The molecule has 2 aromatic heterocycles. The number of thioether (sulfide) groups is 1. The van der Waals surface area contributed by atoms with Crippen LogP contribution in [0.5, 0.6) is 0 Å². The number of aromatic nitrogens is 3. The van der Waals surface area contributed by atoms with Gasteiger partial charge in [-0.15, -0.1) is 0 Å². The monoisotopic (exact) mass is 465 g/mol. The second-order valence-electron chi connectivity index (χ2n) is 6.92. The van der Waals surface area contributed by atoms with Gasteiger partial charge in [-0.3, -0.25) is 29.3 Å². The molecule has 0 aliphatic rings. The summed E-state index contributed by atoms with van der Waals surface area (Å²) in [6.45, 7) is 0.202. The van der Waals surface area contributed by atoms with Crippen LogP contribution >= 0.6 is 11.8 Å².